The Labute approximate surface area is 162 Å². The second kappa shape index (κ2) is 7.59. The fourth-order valence-corrected chi connectivity index (χ4v) is 3.88. The van der Waals surface area contributed by atoms with Crippen molar-refractivity contribution in [2.75, 3.05) is 22.4 Å². The second-order valence-electron chi connectivity index (χ2n) is 6.45. The number of benzene rings is 2. The number of hydrogen-bond donors (Lipinski definition) is 1. The molecule has 28 heavy (non-hydrogen) atoms. The van der Waals surface area contributed by atoms with Crippen molar-refractivity contribution in [1.29, 1.82) is 0 Å². The number of ether oxygens (including phenoxy) is 1. The van der Waals surface area contributed by atoms with Gasteiger partial charge in [0.2, 0.25) is 10.0 Å². The number of rotatable bonds is 5. The lowest BCUT2D eigenvalue weighted by atomic mass is 10.1. The number of nitrogens with one attached hydrogen (secondary N) is 1. The molecule has 0 saturated carbocycles. The lowest BCUT2D eigenvalue weighted by Gasteiger charge is -2.17. The van der Waals surface area contributed by atoms with E-state index in [2.05, 4.69) is 5.32 Å². The average molecular weight is 406 g/mol. The number of esters is 1. The Morgan fingerprint density at radius 2 is 1.93 bits per heavy atom. The van der Waals surface area contributed by atoms with Crippen LogP contribution < -0.4 is 9.62 Å². The van der Waals surface area contributed by atoms with Crippen molar-refractivity contribution < 1.29 is 27.1 Å². The number of sulfonamides is 1. The van der Waals surface area contributed by atoms with Gasteiger partial charge in [0.25, 0.3) is 5.91 Å². The molecule has 3 rings (SSSR count). The molecule has 148 valence electrons. The number of amides is 1. The van der Waals surface area contributed by atoms with Gasteiger partial charge in [-0.15, -0.1) is 0 Å². The summed E-state index contributed by atoms with van der Waals surface area (Å²) in [5, 5.41) is 2.37. The molecule has 0 radical (unpaired) electrons. The minimum Gasteiger partial charge on any atom is -0.449 e. The lowest BCUT2D eigenvalue weighted by Crippen LogP contribution is -2.30. The molecule has 0 unspecified atom stereocenters. The van der Waals surface area contributed by atoms with E-state index >= 15 is 0 Å². The Bertz CT molecular complexity index is 1040. The minimum atomic E-state index is -3.38. The van der Waals surface area contributed by atoms with Crippen molar-refractivity contribution in [3.8, 4) is 0 Å². The number of nitrogens with zero attached hydrogens (tertiary/aromatic N) is 1. The van der Waals surface area contributed by atoms with Gasteiger partial charge >= 0.3 is 5.97 Å². The van der Waals surface area contributed by atoms with E-state index in [1.54, 1.807) is 18.2 Å². The molecule has 2 aromatic rings. The largest absolute Gasteiger partial charge is 0.449 e. The number of anilines is 2. The van der Waals surface area contributed by atoms with Gasteiger partial charge in [0.05, 0.1) is 23.2 Å². The van der Waals surface area contributed by atoms with Crippen LogP contribution in [0.4, 0.5) is 15.8 Å². The van der Waals surface area contributed by atoms with Crippen LogP contribution >= 0.6 is 0 Å². The van der Waals surface area contributed by atoms with Crippen LogP contribution in [0.1, 0.15) is 22.8 Å². The molecule has 0 spiro atoms. The van der Waals surface area contributed by atoms with Crippen LogP contribution in [-0.2, 0) is 26.0 Å². The molecule has 0 fully saturated rings. The van der Waals surface area contributed by atoms with Crippen molar-refractivity contribution in [2.24, 2.45) is 0 Å². The molecule has 0 bridgehead atoms. The standard InChI is InChI=1S/C19H19FN2O5S/c1-12(18(23)21-16-6-4-3-5-15(16)20)27-19(24)14-7-8-17-13(11-14)9-10-22(17)28(2,25)26/h3-8,11-12H,9-10H2,1-2H3,(H,21,23)/t12-/m1/s1. The van der Waals surface area contributed by atoms with Gasteiger partial charge in [0.15, 0.2) is 6.10 Å². The molecule has 1 heterocycles. The molecule has 9 heteroatoms. The topological polar surface area (TPSA) is 92.8 Å². The van der Waals surface area contributed by atoms with Gasteiger partial charge in [-0.2, -0.15) is 0 Å². The van der Waals surface area contributed by atoms with Gasteiger partial charge in [0, 0.05) is 6.54 Å². The van der Waals surface area contributed by atoms with Gasteiger partial charge < -0.3 is 10.1 Å². The van der Waals surface area contributed by atoms with Crippen molar-refractivity contribution in [2.45, 2.75) is 19.4 Å². The summed E-state index contributed by atoms with van der Waals surface area (Å²) in [5.74, 6) is -1.98. The zero-order chi connectivity index (χ0) is 20.5. The van der Waals surface area contributed by atoms with E-state index in [0.29, 0.717) is 24.2 Å². The number of carbonyl (C=O) groups excluding carboxylic acids is 2. The second-order valence-corrected chi connectivity index (χ2v) is 8.35. The van der Waals surface area contributed by atoms with Crippen LogP contribution in [-0.4, -0.2) is 39.2 Å². The molecule has 1 amide bonds. The highest BCUT2D eigenvalue weighted by Crippen LogP contribution is 2.31. The van der Waals surface area contributed by atoms with Crippen LogP contribution in [0.5, 0.6) is 0 Å². The first-order valence-electron chi connectivity index (χ1n) is 8.54. The van der Waals surface area contributed by atoms with Crippen LogP contribution in [0.3, 0.4) is 0 Å². The lowest BCUT2D eigenvalue weighted by molar-refractivity contribution is -0.123. The maximum absolute atomic E-state index is 13.6. The molecule has 1 atom stereocenters. The summed E-state index contributed by atoms with van der Waals surface area (Å²) >= 11 is 0. The molecule has 0 saturated heterocycles. The van der Waals surface area contributed by atoms with Gasteiger partial charge in [-0.25, -0.2) is 17.6 Å². The maximum Gasteiger partial charge on any atom is 0.338 e. The normalized spacial score (nSPS) is 14.3. The third kappa shape index (κ3) is 4.14. The predicted molar refractivity (Wildman–Crippen MR) is 102 cm³/mol. The van der Waals surface area contributed by atoms with E-state index in [9.17, 15) is 22.4 Å². The van der Waals surface area contributed by atoms with E-state index in [-0.39, 0.29) is 11.3 Å². The van der Waals surface area contributed by atoms with Crippen LogP contribution in [0.2, 0.25) is 0 Å². The highest BCUT2D eigenvalue weighted by molar-refractivity contribution is 7.92. The molecule has 7 nitrogen and oxygen atoms in total. The first-order chi connectivity index (χ1) is 13.2. The molecule has 1 N–H and O–H groups in total. The van der Waals surface area contributed by atoms with Gasteiger partial charge in [0.1, 0.15) is 5.82 Å². The highest BCUT2D eigenvalue weighted by Gasteiger charge is 2.27. The van der Waals surface area contributed by atoms with E-state index in [4.69, 9.17) is 4.74 Å². The summed E-state index contributed by atoms with van der Waals surface area (Å²) < 4.78 is 43.6. The molecular formula is C19H19FN2O5S. The van der Waals surface area contributed by atoms with Crippen LogP contribution in [0.15, 0.2) is 42.5 Å². The Hall–Kier alpha value is -2.94. The summed E-state index contributed by atoms with van der Waals surface area (Å²) in [6.45, 7) is 1.70. The monoisotopic (exact) mass is 406 g/mol. The number of hydrogen-bond acceptors (Lipinski definition) is 5. The maximum atomic E-state index is 13.6. The molecule has 2 aromatic carbocycles. The Morgan fingerprint density at radius 3 is 2.61 bits per heavy atom. The fourth-order valence-electron chi connectivity index (χ4n) is 2.92. The molecule has 1 aliphatic heterocycles. The van der Waals surface area contributed by atoms with E-state index < -0.39 is 33.8 Å². The molecular weight excluding hydrogens is 387 g/mol. The fraction of sp³-hybridized carbons (Fsp3) is 0.263. The highest BCUT2D eigenvalue weighted by atomic mass is 32.2. The van der Waals surface area contributed by atoms with Crippen LogP contribution in [0.25, 0.3) is 0 Å². The van der Waals surface area contributed by atoms with E-state index in [1.165, 1.54) is 35.5 Å². The summed E-state index contributed by atoms with van der Waals surface area (Å²) in [5.41, 5.74) is 1.45. The first-order valence-corrected chi connectivity index (χ1v) is 10.4. The van der Waals surface area contributed by atoms with E-state index in [0.717, 1.165) is 6.26 Å². The van der Waals surface area contributed by atoms with Crippen molar-refractivity contribution in [3.63, 3.8) is 0 Å². The smallest absolute Gasteiger partial charge is 0.338 e. The summed E-state index contributed by atoms with van der Waals surface area (Å²) in [7, 11) is -3.38. The van der Waals surface area contributed by atoms with Gasteiger partial charge in [-0.05, 0) is 49.2 Å². The van der Waals surface area contributed by atoms with Crippen molar-refractivity contribution in [3.05, 3.63) is 59.4 Å². The average Bonchev–Trinajstić information content (AvgIpc) is 3.07. The van der Waals surface area contributed by atoms with Gasteiger partial charge in [-0.1, -0.05) is 12.1 Å². The number of carbonyl (C=O) groups is 2. The van der Waals surface area contributed by atoms with E-state index in [1.807, 2.05) is 0 Å². The molecule has 1 aliphatic rings. The number of para-hydroxylation sites is 1. The third-order valence-corrected chi connectivity index (χ3v) is 5.53. The van der Waals surface area contributed by atoms with Crippen molar-refractivity contribution in [1.82, 2.24) is 0 Å². The first kappa shape index (κ1) is 19.8. The summed E-state index contributed by atoms with van der Waals surface area (Å²) in [4.78, 5) is 24.5. The minimum absolute atomic E-state index is 0.00574. The van der Waals surface area contributed by atoms with Crippen molar-refractivity contribution >= 4 is 33.3 Å². The number of fused-ring (bicyclic) bond motifs is 1. The molecule has 0 aromatic heterocycles. The van der Waals surface area contributed by atoms with Gasteiger partial charge in [-0.3, -0.25) is 9.10 Å². The quantitative estimate of drug-likeness (QED) is 0.770. The van der Waals surface area contributed by atoms with Crippen LogP contribution in [0, 0.1) is 5.82 Å². The summed E-state index contributed by atoms with van der Waals surface area (Å²) in [6, 6.07) is 10.2. The Balaban J connectivity index is 1.68. The summed E-state index contributed by atoms with van der Waals surface area (Å²) in [6.07, 6.45) is 0.459. The SMILES string of the molecule is C[C@@H](OC(=O)c1ccc2c(c1)CCN2S(C)(=O)=O)C(=O)Nc1ccccc1F. The molecule has 0 aliphatic carbocycles. The third-order valence-electron chi connectivity index (χ3n) is 4.35. The zero-order valence-electron chi connectivity index (χ0n) is 15.3. The number of halogens is 1. The Morgan fingerprint density at radius 1 is 1.21 bits per heavy atom. The Kier molecular flexibility index (Phi) is 5.37. The zero-order valence-corrected chi connectivity index (χ0v) is 16.1. The predicted octanol–water partition coefficient (Wildman–Crippen LogP) is 2.33.